The molecule has 0 spiro atoms. The standard InChI is InChI=1S/C26H34N2O3/c1-4-23(26(30)27-22-14-8-9-15-22)28(17-21-13-7-5-11-19(21)2)25(29)18-31-24-16-10-6-12-20(24)3/h5-7,10-13,16,22-23H,4,8-9,14-15,17-18H2,1-3H3,(H,27,30)/t23-/m1/s1. The van der Waals surface area contributed by atoms with Crippen molar-refractivity contribution in [2.75, 3.05) is 6.61 Å². The molecule has 0 aromatic heterocycles. The van der Waals surface area contributed by atoms with Gasteiger partial charge in [-0.15, -0.1) is 0 Å². The summed E-state index contributed by atoms with van der Waals surface area (Å²) in [5, 5.41) is 3.17. The van der Waals surface area contributed by atoms with E-state index < -0.39 is 6.04 Å². The lowest BCUT2D eigenvalue weighted by atomic mass is 10.1. The molecule has 1 atom stereocenters. The summed E-state index contributed by atoms with van der Waals surface area (Å²) in [7, 11) is 0. The molecule has 0 radical (unpaired) electrons. The van der Waals surface area contributed by atoms with Crippen LogP contribution in [0.15, 0.2) is 48.5 Å². The Morgan fingerprint density at radius 1 is 1.03 bits per heavy atom. The highest BCUT2D eigenvalue weighted by molar-refractivity contribution is 5.88. The van der Waals surface area contributed by atoms with Gasteiger partial charge in [-0.3, -0.25) is 9.59 Å². The lowest BCUT2D eigenvalue weighted by molar-refractivity contribution is -0.143. The average molecular weight is 423 g/mol. The lowest BCUT2D eigenvalue weighted by Crippen LogP contribution is -2.52. The maximum atomic E-state index is 13.3. The molecule has 0 heterocycles. The van der Waals surface area contributed by atoms with Crippen molar-refractivity contribution in [2.24, 2.45) is 0 Å². The first kappa shape index (κ1) is 22.9. The number of ether oxygens (including phenoxy) is 1. The highest BCUT2D eigenvalue weighted by Gasteiger charge is 2.31. The smallest absolute Gasteiger partial charge is 0.261 e. The number of para-hydroxylation sites is 1. The van der Waals surface area contributed by atoms with Crippen LogP contribution in [0.3, 0.4) is 0 Å². The molecule has 0 unspecified atom stereocenters. The SMILES string of the molecule is CC[C@H](C(=O)NC1CCCC1)N(Cc1ccccc1C)C(=O)COc1ccccc1C. The normalized spacial score (nSPS) is 14.8. The van der Waals surface area contributed by atoms with Crippen LogP contribution in [-0.2, 0) is 16.1 Å². The van der Waals surface area contributed by atoms with Crippen LogP contribution in [-0.4, -0.2) is 35.4 Å². The molecule has 166 valence electrons. The zero-order valence-electron chi connectivity index (χ0n) is 18.9. The predicted octanol–water partition coefficient (Wildman–Crippen LogP) is 4.55. The molecule has 0 bridgehead atoms. The number of nitrogens with zero attached hydrogens (tertiary/aromatic N) is 1. The molecule has 1 fully saturated rings. The Morgan fingerprint density at radius 3 is 2.32 bits per heavy atom. The van der Waals surface area contributed by atoms with Crippen LogP contribution in [0, 0.1) is 13.8 Å². The van der Waals surface area contributed by atoms with Gasteiger partial charge in [-0.1, -0.05) is 62.2 Å². The molecule has 1 aliphatic rings. The van der Waals surface area contributed by atoms with E-state index in [4.69, 9.17) is 4.74 Å². The van der Waals surface area contributed by atoms with Crippen molar-refractivity contribution in [3.05, 3.63) is 65.2 Å². The molecule has 1 saturated carbocycles. The van der Waals surface area contributed by atoms with E-state index >= 15 is 0 Å². The van der Waals surface area contributed by atoms with Crippen LogP contribution >= 0.6 is 0 Å². The van der Waals surface area contributed by atoms with Crippen molar-refractivity contribution in [2.45, 2.75) is 71.5 Å². The number of amides is 2. The minimum absolute atomic E-state index is 0.0628. The molecule has 2 aromatic carbocycles. The van der Waals surface area contributed by atoms with E-state index in [2.05, 4.69) is 5.32 Å². The topological polar surface area (TPSA) is 58.6 Å². The van der Waals surface area contributed by atoms with Gasteiger partial charge in [0.05, 0.1) is 0 Å². The Labute approximate surface area is 185 Å². The van der Waals surface area contributed by atoms with E-state index in [-0.39, 0.29) is 24.5 Å². The molecule has 0 aliphatic heterocycles. The highest BCUT2D eigenvalue weighted by atomic mass is 16.5. The van der Waals surface area contributed by atoms with Crippen molar-refractivity contribution in [3.8, 4) is 5.75 Å². The van der Waals surface area contributed by atoms with Crippen molar-refractivity contribution in [1.29, 1.82) is 0 Å². The summed E-state index contributed by atoms with van der Waals surface area (Å²) in [6.07, 6.45) is 4.89. The molecule has 1 aliphatic carbocycles. The fraction of sp³-hybridized carbons (Fsp3) is 0.462. The van der Waals surface area contributed by atoms with Crippen molar-refractivity contribution in [3.63, 3.8) is 0 Å². The number of rotatable bonds is 9. The highest BCUT2D eigenvalue weighted by Crippen LogP contribution is 2.21. The van der Waals surface area contributed by atoms with Crippen LogP contribution in [0.1, 0.15) is 55.7 Å². The molecule has 0 saturated heterocycles. The first-order valence-corrected chi connectivity index (χ1v) is 11.3. The van der Waals surface area contributed by atoms with Crippen molar-refractivity contribution < 1.29 is 14.3 Å². The van der Waals surface area contributed by atoms with Gasteiger partial charge < -0.3 is 15.0 Å². The molecule has 5 heteroatoms. The van der Waals surface area contributed by atoms with Gasteiger partial charge in [0.2, 0.25) is 5.91 Å². The summed E-state index contributed by atoms with van der Waals surface area (Å²) in [5.74, 6) is 0.447. The van der Waals surface area contributed by atoms with Crippen LogP contribution in [0.25, 0.3) is 0 Å². The summed E-state index contributed by atoms with van der Waals surface area (Å²) >= 11 is 0. The first-order valence-electron chi connectivity index (χ1n) is 11.3. The van der Waals surface area contributed by atoms with Crippen LogP contribution in [0.2, 0.25) is 0 Å². The number of carbonyl (C=O) groups is 2. The fourth-order valence-electron chi connectivity index (χ4n) is 4.20. The second-order valence-corrected chi connectivity index (χ2v) is 8.42. The second-order valence-electron chi connectivity index (χ2n) is 8.42. The van der Waals surface area contributed by atoms with E-state index in [1.165, 1.54) is 0 Å². The van der Waals surface area contributed by atoms with Crippen LogP contribution in [0.4, 0.5) is 0 Å². The third-order valence-electron chi connectivity index (χ3n) is 6.13. The zero-order chi connectivity index (χ0) is 22.2. The number of hydrogen-bond acceptors (Lipinski definition) is 3. The molecule has 5 nitrogen and oxygen atoms in total. The Morgan fingerprint density at radius 2 is 1.68 bits per heavy atom. The van der Waals surface area contributed by atoms with Crippen molar-refractivity contribution in [1.82, 2.24) is 10.2 Å². The summed E-state index contributed by atoms with van der Waals surface area (Å²) < 4.78 is 5.83. The van der Waals surface area contributed by atoms with Crippen molar-refractivity contribution >= 4 is 11.8 Å². The van der Waals surface area contributed by atoms with E-state index in [1.807, 2.05) is 69.3 Å². The van der Waals surface area contributed by atoms with Gasteiger partial charge >= 0.3 is 0 Å². The quantitative estimate of drug-likeness (QED) is 0.645. The van der Waals surface area contributed by atoms with Gasteiger partial charge in [-0.25, -0.2) is 0 Å². The fourth-order valence-corrected chi connectivity index (χ4v) is 4.20. The Kier molecular flexibility index (Phi) is 8.10. The minimum Gasteiger partial charge on any atom is -0.484 e. The van der Waals surface area contributed by atoms with Gasteiger partial charge in [0, 0.05) is 12.6 Å². The average Bonchev–Trinajstić information content (AvgIpc) is 3.27. The molecule has 2 aromatic rings. The predicted molar refractivity (Wildman–Crippen MR) is 123 cm³/mol. The van der Waals surface area contributed by atoms with E-state index in [0.29, 0.717) is 18.7 Å². The maximum Gasteiger partial charge on any atom is 0.261 e. The van der Waals surface area contributed by atoms with Gasteiger partial charge in [0.1, 0.15) is 11.8 Å². The number of aryl methyl sites for hydroxylation is 2. The Hall–Kier alpha value is -2.82. The molecule has 31 heavy (non-hydrogen) atoms. The van der Waals surface area contributed by atoms with Gasteiger partial charge in [-0.2, -0.15) is 0 Å². The second kappa shape index (κ2) is 11.0. The largest absolute Gasteiger partial charge is 0.484 e. The Bertz CT molecular complexity index is 890. The zero-order valence-corrected chi connectivity index (χ0v) is 18.9. The Balaban J connectivity index is 1.78. The minimum atomic E-state index is -0.520. The maximum absolute atomic E-state index is 13.3. The van der Waals surface area contributed by atoms with E-state index in [1.54, 1.807) is 4.90 Å². The molecular weight excluding hydrogens is 388 g/mol. The first-order chi connectivity index (χ1) is 15.0. The molecule has 1 N–H and O–H groups in total. The van der Waals surface area contributed by atoms with E-state index in [9.17, 15) is 9.59 Å². The van der Waals surface area contributed by atoms with Gasteiger partial charge in [0.25, 0.3) is 5.91 Å². The third kappa shape index (κ3) is 6.09. The molecule has 3 rings (SSSR count). The number of benzene rings is 2. The number of carbonyl (C=O) groups excluding carboxylic acids is 2. The number of nitrogens with one attached hydrogen (secondary N) is 1. The van der Waals surface area contributed by atoms with Gasteiger partial charge in [-0.05, 0) is 55.9 Å². The summed E-state index contributed by atoms with van der Waals surface area (Å²) in [4.78, 5) is 28.1. The summed E-state index contributed by atoms with van der Waals surface area (Å²) in [6, 6.07) is 15.3. The molecular formula is C26H34N2O3. The molecule has 2 amide bonds. The summed E-state index contributed by atoms with van der Waals surface area (Å²) in [5.41, 5.74) is 3.12. The lowest BCUT2D eigenvalue weighted by Gasteiger charge is -2.32. The summed E-state index contributed by atoms with van der Waals surface area (Å²) in [6.45, 7) is 6.23. The van der Waals surface area contributed by atoms with Gasteiger partial charge in [0.15, 0.2) is 6.61 Å². The van der Waals surface area contributed by atoms with Crippen LogP contribution < -0.4 is 10.1 Å². The monoisotopic (exact) mass is 422 g/mol. The number of hydrogen-bond donors (Lipinski definition) is 1. The van der Waals surface area contributed by atoms with E-state index in [0.717, 1.165) is 42.4 Å². The third-order valence-corrected chi connectivity index (χ3v) is 6.13. The van der Waals surface area contributed by atoms with Crippen LogP contribution in [0.5, 0.6) is 5.75 Å².